The van der Waals surface area contributed by atoms with Crippen molar-refractivity contribution in [2.45, 2.75) is 31.8 Å². The molecular weight excluding hydrogens is 264 g/mol. The Labute approximate surface area is 116 Å². The molecule has 1 fully saturated rings. The van der Waals surface area contributed by atoms with Gasteiger partial charge in [0.1, 0.15) is 6.10 Å². The monoisotopic (exact) mass is 282 g/mol. The van der Waals surface area contributed by atoms with Crippen LogP contribution >= 0.6 is 0 Å². The van der Waals surface area contributed by atoms with Crippen molar-refractivity contribution in [1.29, 1.82) is 0 Å². The van der Waals surface area contributed by atoms with E-state index in [1.165, 1.54) is 19.2 Å². The van der Waals surface area contributed by atoms with Crippen molar-refractivity contribution in [3.8, 4) is 11.8 Å². The van der Waals surface area contributed by atoms with E-state index in [1.807, 2.05) is 0 Å². The highest BCUT2D eigenvalue weighted by Gasteiger charge is 2.26. The van der Waals surface area contributed by atoms with Gasteiger partial charge < -0.3 is 14.6 Å². The van der Waals surface area contributed by atoms with Gasteiger partial charge in [-0.3, -0.25) is 10.1 Å². The van der Waals surface area contributed by atoms with Crippen LogP contribution in [0.5, 0.6) is 11.8 Å². The van der Waals surface area contributed by atoms with Crippen LogP contribution in [0.15, 0.2) is 12.1 Å². The fourth-order valence-electron chi connectivity index (χ4n) is 2.35. The maximum Gasteiger partial charge on any atom is 0.331 e. The Hall–Kier alpha value is -1.89. The van der Waals surface area contributed by atoms with Crippen LogP contribution in [0.2, 0.25) is 0 Å². The summed E-state index contributed by atoms with van der Waals surface area (Å²) in [6.45, 7) is 0.185. The molecule has 1 heterocycles. The molecule has 1 aliphatic rings. The van der Waals surface area contributed by atoms with Crippen molar-refractivity contribution in [1.82, 2.24) is 4.98 Å². The molecule has 110 valence electrons. The van der Waals surface area contributed by atoms with E-state index in [2.05, 4.69) is 4.98 Å². The van der Waals surface area contributed by atoms with E-state index in [-0.39, 0.29) is 30.2 Å². The molecule has 2 rings (SSSR count). The second-order valence-corrected chi connectivity index (χ2v) is 4.88. The molecule has 7 nitrogen and oxygen atoms in total. The predicted molar refractivity (Wildman–Crippen MR) is 70.9 cm³/mol. The Bertz CT molecular complexity index is 472. The van der Waals surface area contributed by atoms with Crippen LogP contribution in [0.25, 0.3) is 0 Å². The summed E-state index contributed by atoms with van der Waals surface area (Å²) >= 11 is 0. The van der Waals surface area contributed by atoms with E-state index in [4.69, 9.17) is 14.6 Å². The largest absolute Gasteiger partial charge is 0.481 e. The second kappa shape index (κ2) is 6.51. The maximum atomic E-state index is 11.0. The van der Waals surface area contributed by atoms with Gasteiger partial charge in [-0.25, -0.2) is 0 Å². The van der Waals surface area contributed by atoms with Gasteiger partial charge in [-0.05, 0) is 31.6 Å². The quantitative estimate of drug-likeness (QED) is 0.655. The lowest BCUT2D eigenvalue weighted by Gasteiger charge is -2.27. The number of ether oxygens (including phenoxy) is 2. The van der Waals surface area contributed by atoms with Crippen LogP contribution < -0.4 is 9.47 Å². The molecule has 1 aromatic heterocycles. The molecule has 0 bridgehead atoms. The molecule has 0 unspecified atom stereocenters. The Morgan fingerprint density at radius 3 is 2.65 bits per heavy atom. The lowest BCUT2D eigenvalue weighted by molar-refractivity contribution is -0.386. The van der Waals surface area contributed by atoms with Gasteiger partial charge in [-0.2, -0.15) is 4.98 Å². The maximum absolute atomic E-state index is 11.0. The fourth-order valence-corrected chi connectivity index (χ4v) is 2.35. The third-order valence-corrected chi connectivity index (χ3v) is 3.55. The number of methoxy groups -OCH3 is 1. The summed E-state index contributed by atoms with van der Waals surface area (Å²) in [6.07, 6.45) is 3.15. The summed E-state index contributed by atoms with van der Waals surface area (Å²) in [4.78, 5) is 14.5. The first-order chi connectivity index (χ1) is 9.63. The van der Waals surface area contributed by atoms with Crippen LogP contribution in [0, 0.1) is 16.0 Å². The molecule has 0 aromatic carbocycles. The van der Waals surface area contributed by atoms with Crippen molar-refractivity contribution in [2.75, 3.05) is 13.7 Å². The van der Waals surface area contributed by atoms with Gasteiger partial charge in [-0.1, -0.05) is 0 Å². The molecule has 0 atom stereocenters. The zero-order chi connectivity index (χ0) is 14.5. The predicted octanol–water partition coefficient (Wildman–Crippen LogP) is 1.93. The lowest BCUT2D eigenvalue weighted by atomic mass is 9.88. The van der Waals surface area contributed by atoms with E-state index in [9.17, 15) is 10.1 Å². The minimum atomic E-state index is -0.513. The smallest absolute Gasteiger partial charge is 0.331 e. The third-order valence-electron chi connectivity index (χ3n) is 3.55. The second-order valence-electron chi connectivity index (χ2n) is 4.88. The topological polar surface area (TPSA) is 94.7 Å². The summed E-state index contributed by atoms with van der Waals surface area (Å²) in [5.74, 6) is 0.597. The van der Waals surface area contributed by atoms with Crippen molar-refractivity contribution in [2.24, 2.45) is 5.92 Å². The van der Waals surface area contributed by atoms with Gasteiger partial charge in [0.2, 0.25) is 5.88 Å². The summed E-state index contributed by atoms with van der Waals surface area (Å²) in [5.41, 5.74) is -0.157. The Morgan fingerprint density at radius 2 is 2.10 bits per heavy atom. The number of rotatable bonds is 5. The summed E-state index contributed by atoms with van der Waals surface area (Å²) in [5, 5.41) is 20.1. The zero-order valence-electron chi connectivity index (χ0n) is 11.3. The normalized spacial score (nSPS) is 22.3. The minimum Gasteiger partial charge on any atom is -0.481 e. The Morgan fingerprint density at radius 1 is 1.40 bits per heavy atom. The SMILES string of the molecule is COc1ccc([N+](=O)[O-])c(OC2CCC(CO)CC2)n1. The fraction of sp³-hybridized carbons (Fsp3) is 0.615. The highest BCUT2D eigenvalue weighted by Crippen LogP contribution is 2.32. The van der Waals surface area contributed by atoms with E-state index >= 15 is 0 Å². The Kier molecular flexibility index (Phi) is 4.73. The van der Waals surface area contributed by atoms with Crippen LogP contribution in [0.1, 0.15) is 25.7 Å². The molecule has 1 saturated carbocycles. The summed E-state index contributed by atoms with van der Waals surface area (Å²) in [6, 6.07) is 2.77. The van der Waals surface area contributed by atoms with Gasteiger partial charge in [0.15, 0.2) is 0 Å². The number of pyridine rings is 1. The van der Waals surface area contributed by atoms with Crippen molar-refractivity contribution >= 4 is 5.69 Å². The van der Waals surface area contributed by atoms with Gasteiger partial charge in [0.05, 0.1) is 12.0 Å². The number of nitrogens with zero attached hydrogens (tertiary/aromatic N) is 2. The van der Waals surface area contributed by atoms with Crippen molar-refractivity contribution in [3.63, 3.8) is 0 Å². The van der Waals surface area contributed by atoms with Gasteiger partial charge in [-0.15, -0.1) is 0 Å². The highest BCUT2D eigenvalue weighted by molar-refractivity contribution is 5.43. The van der Waals surface area contributed by atoms with Gasteiger partial charge in [0, 0.05) is 18.7 Å². The van der Waals surface area contributed by atoms with E-state index in [0.29, 0.717) is 5.92 Å². The molecule has 0 spiro atoms. The molecule has 20 heavy (non-hydrogen) atoms. The first kappa shape index (κ1) is 14.5. The lowest BCUT2D eigenvalue weighted by Crippen LogP contribution is -2.26. The molecule has 0 aliphatic heterocycles. The molecule has 7 heteroatoms. The zero-order valence-corrected chi connectivity index (χ0v) is 11.3. The molecule has 1 aromatic rings. The standard InChI is InChI=1S/C13H18N2O5/c1-19-12-7-6-11(15(17)18)13(14-12)20-10-4-2-9(8-16)3-5-10/h6-7,9-10,16H,2-5,8H2,1H3. The number of hydrogen-bond acceptors (Lipinski definition) is 6. The first-order valence-electron chi connectivity index (χ1n) is 6.61. The number of aliphatic hydroxyl groups is 1. The van der Waals surface area contributed by atoms with Crippen molar-refractivity contribution in [3.05, 3.63) is 22.2 Å². The number of aromatic nitrogens is 1. The molecular formula is C13H18N2O5. The van der Waals surface area contributed by atoms with Gasteiger partial charge in [0.25, 0.3) is 5.88 Å². The van der Waals surface area contributed by atoms with Crippen LogP contribution in [-0.2, 0) is 0 Å². The van der Waals surface area contributed by atoms with Gasteiger partial charge >= 0.3 is 5.69 Å². The molecule has 0 radical (unpaired) electrons. The number of nitro groups is 1. The highest BCUT2D eigenvalue weighted by atomic mass is 16.6. The van der Waals surface area contributed by atoms with Crippen molar-refractivity contribution < 1.29 is 19.5 Å². The Balaban J connectivity index is 2.09. The third kappa shape index (κ3) is 3.36. The average Bonchev–Trinajstić information content (AvgIpc) is 2.47. The molecule has 0 amide bonds. The number of hydrogen-bond donors (Lipinski definition) is 1. The first-order valence-corrected chi connectivity index (χ1v) is 6.61. The summed E-state index contributed by atoms with van der Waals surface area (Å²) in [7, 11) is 1.45. The van der Waals surface area contributed by atoms with E-state index in [1.54, 1.807) is 0 Å². The van der Waals surface area contributed by atoms with Crippen LogP contribution in [-0.4, -0.2) is 34.8 Å². The van der Waals surface area contributed by atoms with Crippen LogP contribution in [0.3, 0.4) is 0 Å². The van der Waals surface area contributed by atoms with E-state index in [0.717, 1.165) is 25.7 Å². The molecule has 1 aliphatic carbocycles. The van der Waals surface area contributed by atoms with E-state index < -0.39 is 4.92 Å². The molecule has 0 saturated heterocycles. The number of aliphatic hydroxyl groups excluding tert-OH is 1. The summed E-state index contributed by atoms with van der Waals surface area (Å²) < 4.78 is 10.6. The van der Waals surface area contributed by atoms with Crippen LogP contribution in [0.4, 0.5) is 5.69 Å². The average molecular weight is 282 g/mol. The minimum absolute atomic E-state index is 0.00167. The molecule has 1 N–H and O–H groups in total.